The quantitative estimate of drug-likeness (QED) is 0.853. The van der Waals surface area contributed by atoms with Gasteiger partial charge in [-0.3, -0.25) is 9.59 Å². The minimum Gasteiger partial charge on any atom is -0.481 e. The SMILES string of the molecule is O=C(Cc1ccccc1Cl)N1CC[C@@H](O)[C@@](CC2CC2)(C(=O)O)C1. The molecule has 3 rings (SSSR count). The Morgan fingerprint density at radius 2 is 1.96 bits per heavy atom. The molecule has 0 radical (unpaired) electrons. The average molecular weight is 352 g/mol. The third-order valence-electron chi connectivity index (χ3n) is 5.21. The number of benzene rings is 1. The van der Waals surface area contributed by atoms with Crippen molar-refractivity contribution in [1.29, 1.82) is 0 Å². The highest BCUT2D eigenvalue weighted by molar-refractivity contribution is 6.31. The number of piperidine rings is 1. The summed E-state index contributed by atoms with van der Waals surface area (Å²) in [4.78, 5) is 26.1. The van der Waals surface area contributed by atoms with Crippen molar-refractivity contribution in [2.75, 3.05) is 13.1 Å². The van der Waals surface area contributed by atoms with Crippen LogP contribution < -0.4 is 0 Å². The minimum absolute atomic E-state index is 0.0727. The number of aliphatic hydroxyl groups is 1. The van der Waals surface area contributed by atoms with Crippen LogP contribution in [0.4, 0.5) is 0 Å². The zero-order chi connectivity index (χ0) is 17.3. The molecular weight excluding hydrogens is 330 g/mol. The van der Waals surface area contributed by atoms with Gasteiger partial charge < -0.3 is 15.1 Å². The first-order valence-electron chi connectivity index (χ1n) is 8.35. The van der Waals surface area contributed by atoms with Gasteiger partial charge in [0.25, 0.3) is 0 Å². The molecule has 0 aromatic heterocycles. The zero-order valence-corrected chi connectivity index (χ0v) is 14.2. The minimum atomic E-state index is -1.24. The molecule has 1 saturated heterocycles. The molecule has 1 saturated carbocycles. The van der Waals surface area contributed by atoms with Crippen LogP contribution in [0.25, 0.3) is 0 Å². The van der Waals surface area contributed by atoms with Crippen molar-refractivity contribution < 1.29 is 19.8 Å². The van der Waals surface area contributed by atoms with Crippen molar-refractivity contribution in [2.45, 2.75) is 38.2 Å². The van der Waals surface area contributed by atoms with Crippen molar-refractivity contribution in [3.8, 4) is 0 Å². The summed E-state index contributed by atoms with van der Waals surface area (Å²) in [5.74, 6) is -0.789. The van der Waals surface area contributed by atoms with Crippen LogP contribution in [0.3, 0.4) is 0 Å². The molecular formula is C18H22ClNO4. The number of nitrogens with zero attached hydrogens (tertiary/aromatic N) is 1. The molecule has 0 spiro atoms. The lowest BCUT2D eigenvalue weighted by Crippen LogP contribution is -2.57. The summed E-state index contributed by atoms with van der Waals surface area (Å²) in [6.45, 7) is 0.452. The van der Waals surface area contributed by atoms with Gasteiger partial charge in [-0.2, -0.15) is 0 Å². The van der Waals surface area contributed by atoms with Gasteiger partial charge in [0.15, 0.2) is 0 Å². The molecule has 1 aliphatic carbocycles. The number of carbonyl (C=O) groups excluding carboxylic acids is 1. The highest BCUT2D eigenvalue weighted by Crippen LogP contribution is 2.45. The largest absolute Gasteiger partial charge is 0.481 e. The number of carboxylic acid groups (broad SMARTS) is 1. The summed E-state index contributed by atoms with van der Waals surface area (Å²) in [5.41, 5.74) is -0.506. The molecule has 2 fully saturated rings. The van der Waals surface area contributed by atoms with E-state index in [2.05, 4.69) is 0 Å². The molecule has 1 heterocycles. The van der Waals surface area contributed by atoms with E-state index in [1.54, 1.807) is 23.1 Å². The van der Waals surface area contributed by atoms with Gasteiger partial charge in [0, 0.05) is 18.1 Å². The Morgan fingerprint density at radius 1 is 1.25 bits per heavy atom. The number of likely N-dealkylation sites (tertiary alicyclic amines) is 1. The molecule has 1 aliphatic heterocycles. The third kappa shape index (κ3) is 3.42. The first kappa shape index (κ1) is 17.2. The number of aliphatic carboxylic acids is 1. The molecule has 2 atom stereocenters. The molecule has 1 amide bonds. The fraction of sp³-hybridized carbons (Fsp3) is 0.556. The lowest BCUT2D eigenvalue weighted by Gasteiger charge is -2.43. The van der Waals surface area contributed by atoms with E-state index in [4.69, 9.17) is 11.6 Å². The van der Waals surface area contributed by atoms with Crippen molar-refractivity contribution in [3.63, 3.8) is 0 Å². The molecule has 2 aliphatic rings. The fourth-order valence-electron chi connectivity index (χ4n) is 3.54. The van der Waals surface area contributed by atoms with Crippen molar-refractivity contribution in [1.82, 2.24) is 4.90 Å². The van der Waals surface area contributed by atoms with Gasteiger partial charge >= 0.3 is 5.97 Å². The predicted molar refractivity (Wildman–Crippen MR) is 89.8 cm³/mol. The third-order valence-corrected chi connectivity index (χ3v) is 5.58. The van der Waals surface area contributed by atoms with E-state index in [0.717, 1.165) is 18.4 Å². The van der Waals surface area contributed by atoms with Crippen LogP contribution >= 0.6 is 11.6 Å². The van der Waals surface area contributed by atoms with Gasteiger partial charge in [-0.1, -0.05) is 42.6 Å². The highest BCUT2D eigenvalue weighted by Gasteiger charge is 2.52. The van der Waals surface area contributed by atoms with Crippen molar-refractivity contribution >= 4 is 23.5 Å². The molecule has 5 nitrogen and oxygen atoms in total. The molecule has 2 N–H and O–H groups in total. The van der Waals surface area contributed by atoms with Gasteiger partial charge in [0.05, 0.1) is 12.5 Å². The Hall–Kier alpha value is -1.59. The van der Waals surface area contributed by atoms with Gasteiger partial charge in [-0.25, -0.2) is 0 Å². The number of carboxylic acids is 1. The second-order valence-corrected chi connectivity index (χ2v) is 7.40. The van der Waals surface area contributed by atoms with E-state index in [1.807, 2.05) is 6.07 Å². The monoisotopic (exact) mass is 351 g/mol. The lowest BCUT2D eigenvalue weighted by molar-refractivity contribution is -0.167. The normalized spacial score (nSPS) is 27.1. The molecule has 1 aromatic carbocycles. The lowest BCUT2D eigenvalue weighted by atomic mass is 9.73. The summed E-state index contributed by atoms with van der Waals surface area (Å²) in [6, 6.07) is 7.16. The number of amides is 1. The summed E-state index contributed by atoms with van der Waals surface area (Å²) in [7, 11) is 0. The number of hydrogen-bond donors (Lipinski definition) is 2. The Bertz CT molecular complexity index is 646. The average Bonchev–Trinajstić information content (AvgIpc) is 3.35. The van der Waals surface area contributed by atoms with Crippen molar-refractivity contribution in [3.05, 3.63) is 34.9 Å². The van der Waals surface area contributed by atoms with E-state index >= 15 is 0 Å². The van der Waals surface area contributed by atoms with Crippen LogP contribution in [-0.4, -0.2) is 46.2 Å². The fourth-order valence-corrected chi connectivity index (χ4v) is 3.75. The van der Waals surface area contributed by atoms with Crippen LogP contribution in [0.2, 0.25) is 5.02 Å². The number of hydrogen-bond acceptors (Lipinski definition) is 3. The number of carbonyl (C=O) groups is 2. The highest BCUT2D eigenvalue weighted by atomic mass is 35.5. The van der Waals surface area contributed by atoms with Crippen LogP contribution in [0.15, 0.2) is 24.3 Å². The van der Waals surface area contributed by atoms with Crippen molar-refractivity contribution in [2.24, 2.45) is 11.3 Å². The molecule has 0 bridgehead atoms. The maximum absolute atomic E-state index is 12.6. The summed E-state index contributed by atoms with van der Waals surface area (Å²) < 4.78 is 0. The second kappa shape index (κ2) is 6.73. The number of halogens is 1. The Labute approximate surface area is 146 Å². The molecule has 130 valence electrons. The van der Waals surface area contributed by atoms with E-state index in [1.165, 1.54) is 0 Å². The summed E-state index contributed by atoms with van der Waals surface area (Å²) in [6.07, 6.45) is 2.01. The molecule has 24 heavy (non-hydrogen) atoms. The first-order valence-corrected chi connectivity index (χ1v) is 8.73. The topological polar surface area (TPSA) is 77.8 Å². The van der Waals surface area contributed by atoms with Gasteiger partial charge in [0.2, 0.25) is 5.91 Å². The van der Waals surface area contributed by atoms with Crippen LogP contribution in [0.5, 0.6) is 0 Å². The van der Waals surface area contributed by atoms with E-state index < -0.39 is 17.5 Å². The smallest absolute Gasteiger partial charge is 0.314 e. The standard InChI is InChI=1S/C18H22ClNO4/c19-14-4-2-1-3-13(14)9-16(22)20-8-7-15(21)18(11-20,17(23)24)10-12-5-6-12/h1-4,12,15,21H,5-11H2,(H,23,24)/t15-,18+/m1/s1. The van der Waals surface area contributed by atoms with Crippen LogP contribution in [0.1, 0.15) is 31.2 Å². The summed E-state index contributed by atoms with van der Waals surface area (Å²) in [5, 5.41) is 20.6. The van der Waals surface area contributed by atoms with E-state index in [9.17, 15) is 19.8 Å². The number of aliphatic hydroxyl groups excluding tert-OH is 1. The molecule has 6 heteroatoms. The Morgan fingerprint density at radius 3 is 2.58 bits per heavy atom. The van der Waals surface area contributed by atoms with Gasteiger partial charge in [-0.15, -0.1) is 0 Å². The molecule has 1 aromatic rings. The maximum Gasteiger partial charge on any atom is 0.314 e. The first-order chi connectivity index (χ1) is 11.4. The maximum atomic E-state index is 12.6. The summed E-state index contributed by atoms with van der Waals surface area (Å²) >= 11 is 6.11. The van der Waals surface area contributed by atoms with Crippen LogP contribution in [-0.2, 0) is 16.0 Å². The number of rotatable bonds is 5. The van der Waals surface area contributed by atoms with E-state index in [0.29, 0.717) is 30.3 Å². The van der Waals surface area contributed by atoms with Crippen LogP contribution in [0, 0.1) is 11.3 Å². The second-order valence-electron chi connectivity index (χ2n) is 7.00. The Balaban J connectivity index is 1.75. The Kier molecular flexibility index (Phi) is 4.83. The zero-order valence-electron chi connectivity index (χ0n) is 13.4. The molecule has 0 unspecified atom stereocenters. The van der Waals surface area contributed by atoms with E-state index in [-0.39, 0.29) is 18.9 Å². The van der Waals surface area contributed by atoms with Gasteiger partial charge in [0.1, 0.15) is 5.41 Å². The predicted octanol–water partition coefficient (Wildman–Crippen LogP) is 2.35. The van der Waals surface area contributed by atoms with Gasteiger partial charge in [-0.05, 0) is 30.4 Å².